The number of hydrogen-bond acceptors (Lipinski definition) is 4. The molecule has 2 heterocycles. The summed E-state index contributed by atoms with van der Waals surface area (Å²) in [6.45, 7) is 0. The molecule has 1 aromatic heterocycles. The lowest BCUT2D eigenvalue weighted by Gasteiger charge is -2.33. The molecule has 0 spiro atoms. The molecular formula is C43H32N5+. The lowest BCUT2D eigenvalue weighted by Crippen LogP contribution is -2.34. The number of aromatic nitrogens is 2. The molecule has 48 heavy (non-hydrogen) atoms. The number of hydrogen-bond donors (Lipinski definition) is 2. The van der Waals surface area contributed by atoms with E-state index in [1.807, 2.05) is 36.4 Å². The van der Waals surface area contributed by atoms with E-state index in [2.05, 4.69) is 154 Å². The van der Waals surface area contributed by atoms with Crippen molar-refractivity contribution in [2.75, 3.05) is 15.5 Å². The minimum Gasteiger partial charge on any atom is -0.354 e. The summed E-state index contributed by atoms with van der Waals surface area (Å²) in [5, 5.41) is 7.35. The summed E-state index contributed by atoms with van der Waals surface area (Å²) in [7, 11) is 0. The van der Waals surface area contributed by atoms with Crippen molar-refractivity contribution >= 4 is 61.9 Å². The number of nitrogens with zero attached hydrogens (tertiary/aromatic N) is 3. The fourth-order valence-corrected chi connectivity index (χ4v) is 6.82. The number of anilines is 7. The van der Waals surface area contributed by atoms with Crippen molar-refractivity contribution < 1.29 is 4.57 Å². The summed E-state index contributed by atoms with van der Waals surface area (Å²) in [6.07, 6.45) is 0.844. The quantitative estimate of drug-likeness (QED) is 0.144. The van der Waals surface area contributed by atoms with Gasteiger partial charge in [-0.3, -0.25) is 0 Å². The summed E-state index contributed by atoms with van der Waals surface area (Å²) in [6, 6.07) is 59.5. The predicted molar refractivity (Wildman–Crippen MR) is 198 cm³/mol. The van der Waals surface area contributed by atoms with Gasteiger partial charge in [-0.15, -0.1) is 4.57 Å². The molecule has 0 fully saturated rings. The summed E-state index contributed by atoms with van der Waals surface area (Å²) >= 11 is 0. The largest absolute Gasteiger partial charge is 0.354 e. The molecule has 1 aliphatic heterocycles. The second-order valence-corrected chi connectivity index (χ2v) is 12.1. The topological polar surface area (TPSA) is 44.1 Å². The van der Waals surface area contributed by atoms with Crippen LogP contribution in [0.5, 0.6) is 0 Å². The molecule has 0 aliphatic carbocycles. The van der Waals surface area contributed by atoms with Crippen molar-refractivity contribution in [3.63, 3.8) is 0 Å². The molecule has 2 N–H and O–H groups in total. The third kappa shape index (κ3) is 4.99. The van der Waals surface area contributed by atoms with E-state index in [0.29, 0.717) is 0 Å². The van der Waals surface area contributed by atoms with Gasteiger partial charge in [-0.25, -0.2) is 4.98 Å². The Kier molecular flexibility index (Phi) is 6.79. The average molecular weight is 619 g/mol. The van der Waals surface area contributed by atoms with E-state index in [1.54, 1.807) is 0 Å². The zero-order valence-corrected chi connectivity index (χ0v) is 26.2. The van der Waals surface area contributed by atoms with Crippen LogP contribution in [-0.4, -0.2) is 4.98 Å². The summed E-state index contributed by atoms with van der Waals surface area (Å²) in [4.78, 5) is 7.76. The Morgan fingerprint density at radius 3 is 1.71 bits per heavy atom. The monoisotopic (exact) mass is 618 g/mol. The van der Waals surface area contributed by atoms with Crippen LogP contribution >= 0.6 is 0 Å². The molecule has 0 amide bonds. The summed E-state index contributed by atoms with van der Waals surface area (Å²) in [5.41, 5.74) is 15.0. The second kappa shape index (κ2) is 11.7. The summed E-state index contributed by atoms with van der Waals surface area (Å²) < 4.78 is 2.35. The molecule has 7 aromatic carbocycles. The molecule has 0 saturated carbocycles. The van der Waals surface area contributed by atoms with Crippen LogP contribution in [0.3, 0.4) is 0 Å². The van der Waals surface area contributed by atoms with Crippen molar-refractivity contribution in [1.82, 2.24) is 4.98 Å². The van der Waals surface area contributed by atoms with Gasteiger partial charge in [0.05, 0.1) is 17.1 Å². The Morgan fingerprint density at radius 2 is 1.02 bits per heavy atom. The zero-order chi connectivity index (χ0) is 31.9. The van der Waals surface area contributed by atoms with Gasteiger partial charge in [-0.2, -0.15) is 0 Å². The van der Waals surface area contributed by atoms with E-state index in [1.165, 1.54) is 22.5 Å². The highest BCUT2D eigenvalue weighted by Gasteiger charge is 2.29. The van der Waals surface area contributed by atoms with E-state index < -0.39 is 0 Å². The lowest BCUT2D eigenvalue weighted by molar-refractivity contribution is -0.538. The first kappa shape index (κ1) is 27.8. The van der Waals surface area contributed by atoms with Gasteiger partial charge in [-0.05, 0) is 65.7 Å². The number of benzene rings is 7. The van der Waals surface area contributed by atoms with Gasteiger partial charge in [-0.1, -0.05) is 91.0 Å². The third-order valence-electron chi connectivity index (χ3n) is 9.00. The molecule has 5 nitrogen and oxygen atoms in total. The Morgan fingerprint density at radius 1 is 0.479 bits per heavy atom. The van der Waals surface area contributed by atoms with Gasteiger partial charge in [0.2, 0.25) is 16.7 Å². The Labute approximate surface area is 279 Å². The van der Waals surface area contributed by atoms with E-state index in [-0.39, 0.29) is 0 Å². The Hall–Kier alpha value is -6.46. The van der Waals surface area contributed by atoms with Gasteiger partial charge in [0, 0.05) is 53.4 Å². The number of nitrogens with one attached hydrogen (secondary N) is 2. The Bertz CT molecular complexity index is 2400. The van der Waals surface area contributed by atoms with Crippen molar-refractivity contribution in [3.05, 3.63) is 181 Å². The predicted octanol–water partition coefficient (Wildman–Crippen LogP) is 10.5. The molecule has 0 atom stereocenters. The smallest absolute Gasteiger partial charge is 0.239 e. The van der Waals surface area contributed by atoms with Crippen LogP contribution in [0.25, 0.3) is 27.8 Å². The highest BCUT2D eigenvalue weighted by Crippen LogP contribution is 2.45. The fourth-order valence-electron chi connectivity index (χ4n) is 6.82. The van der Waals surface area contributed by atoms with Crippen LogP contribution in [0.15, 0.2) is 170 Å². The lowest BCUT2D eigenvalue weighted by atomic mass is 9.94. The number of para-hydroxylation sites is 5. The van der Waals surface area contributed by atoms with Gasteiger partial charge >= 0.3 is 0 Å². The number of fused-ring (bicyclic) bond motifs is 4. The highest BCUT2D eigenvalue weighted by atomic mass is 15.2. The van der Waals surface area contributed by atoms with Crippen LogP contribution in [-0.2, 0) is 6.42 Å². The highest BCUT2D eigenvalue weighted by molar-refractivity contribution is 5.95. The van der Waals surface area contributed by atoms with Gasteiger partial charge in [0.25, 0.3) is 0 Å². The first-order valence-corrected chi connectivity index (χ1v) is 16.3. The molecule has 9 rings (SSSR count). The third-order valence-corrected chi connectivity index (χ3v) is 9.00. The van der Waals surface area contributed by atoms with Crippen LogP contribution < -0.4 is 20.1 Å². The van der Waals surface area contributed by atoms with Gasteiger partial charge in [0.15, 0.2) is 0 Å². The molecule has 0 radical (unpaired) electrons. The summed E-state index contributed by atoms with van der Waals surface area (Å²) in [5.74, 6) is 0. The van der Waals surface area contributed by atoms with Crippen molar-refractivity contribution in [3.8, 4) is 5.69 Å². The molecule has 5 heteroatoms. The van der Waals surface area contributed by atoms with E-state index in [9.17, 15) is 0 Å². The molecule has 0 bridgehead atoms. The maximum absolute atomic E-state index is 5.37. The van der Waals surface area contributed by atoms with Crippen LogP contribution in [0.2, 0.25) is 0 Å². The minimum atomic E-state index is 0.844. The van der Waals surface area contributed by atoms with E-state index in [0.717, 1.165) is 62.6 Å². The number of rotatable bonds is 6. The molecule has 228 valence electrons. The van der Waals surface area contributed by atoms with Crippen LogP contribution in [0.4, 0.5) is 39.8 Å². The van der Waals surface area contributed by atoms with Gasteiger partial charge < -0.3 is 15.5 Å². The SMILES string of the molecule is c1ccc(Nc2cc3nc4cc5c(cc4[n+](-c4ccccc4)c3cc2Nc2ccccc2)N(c2ccccc2)c2ccccc2C5)cc1. The minimum absolute atomic E-state index is 0.844. The first-order valence-electron chi connectivity index (χ1n) is 16.3. The normalized spacial score (nSPS) is 12.0. The first-order chi connectivity index (χ1) is 23.8. The molecule has 0 saturated heterocycles. The molecule has 0 unspecified atom stereocenters. The maximum atomic E-state index is 5.37. The van der Waals surface area contributed by atoms with E-state index >= 15 is 0 Å². The maximum Gasteiger partial charge on any atom is 0.239 e. The van der Waals surface area contributed by atoms with Crippen LogP contribution in [0, 0.1) is 0 Å². The van der Waals surface area contributed by atoms with E-state index in [4.69, 9.17) is 4.98 Å². The average Bonchev–Trinajstić information content (AvgIpc) is 3.14. The molecule has 1 aliphatic rings. The zero-order valence-electron chi connectivity index (χ0n) is 26.2. The van der Waals surface area contributed by atoms with Crippen molar-refractivity contribution in [2.24, 2.45) is 0 Å². The van der Waals surface area contributed by atoms with Crippen molar-refractivity contribution in [1.29, 1.82) is 0 Å². The standard InChI is InChI=1S/C43H31N5/c1-5-16-32(17-6-1)44-36-27-39-42(28-37(36)45-33-18-7-2-8-19-33)48(35-22-11-4-12-23-35)43-29-41-31(26-38(43)46-39)25-30-15-13-14-24-40(30)47(41)34-20-9-3-10-21-34/h1-24,26-29H,25H2,(H,44,46)/p+1. The second-order valence-electron chi connectivity index (χ2n) is 12.1. The molecule has 8 aromatic rings. The van der Waals surface area contributed by atoms with Crippen LogP contribution in [0.1, 0.15) is 11.1 Å². The fraction of sp³-hybridized carbons (Fsp3) is 0.0233. The Balaban J connectivity index is 1.32. The molecular weight excluding hydrogens is 587 g/mol. The van der Waals surface area contributed by atoms with Gasteiger partial charge in [0.1, 0.15) is 11.0 Å². The van der Waals surface area contributed by atoms with Crippen molar-refractivity contribution in [2.45, 2.75) is 6.42 Å².